The Hall–Kier alpha value is -1.78. The molecule has 2 rings (SSSR count). The second kappa shape index (κ2) is 4.24. The first-order valence-corrected chi connectivity index (χ1v) is 5.65. The van der Waals surface area contributed by atoms with E-state index >= 15 is 0 Å². The van der Waals surface area contributed by atoms with Crippen molar-refractivity contribution in [2.45, 2.75) is 32.6 Å². The molecule has 0 spiro atoms. The van der Waals surface area contributed by atoms with Gasteiger partial charge < -0.3 is 5.11 Å². The highest BCUT2D eigenvalue weighted by Gasteiger charge is 2.51. The van der Waals surface area contributed by atoms with E-state index in [-0.39, 0.29) is 12.2 Å². The van der Waals surface area contributed by atoms with Gasteiger partial charge in [-0.3, -0.25) is 9.59 Å². The van der Waals surface area contributed by atoms with Crippen LogP contribution in [0.25, 0.3) is 0 Å². The van der Waals surface area contributed by atoms with Crippen LogP contribution in [-0.4, -0.2) is 26.8 Å². The van der Waals surface area contributed by atoms with E-state index < -0.39 is 11.4 Å². The lowest BCUT2D eigenvalue weighted by Crippen LogP contribution is -2.19. The molecule has 0 saturated heterocycles. The van der Waals surface area contributed by atoms with E-state index in [1.165, 1.54) is 12.4 Å². The summed E-state index contributed by atoms with van der Waals surface area (Å²) in [6.45, 7) is 1.93. The normalized spacial score (nSPS) is 16.5. The van der Waals surface area contributed by atoms with Crippen molar-refractivity contribution in [3.8, 4) is 0 Å². The van der Waals surface area contributed by atoms with Gasteiger partial charge in [0.2, 0.25) is 0 Å². The van der Waals surface area contributed by atoms with Gasteiger partial charge in [-0.2, -0.15) is 0 Å². The van der Waals surface area contributed by atoms with Crippen LogP contribution in [0.15, 0.2) is 12.4 Å². The summed E-state index contributed by atoms with van der Waals surface area (Å²) in [5.41, 5.74) is -0.421. The van der Waals surface area contributed by atoms with Crippen LogP contribution in [0.3, 0.4) is 0 Å². The predicted molar refractivity (Wildman–Crippen MR) is 59.7 cm³/mol. The van der Waals surface area contributed by atoms with Crippen molar-refractivity contribution in [2.75, 3.05) is 0 Å². The summed E-state index contributed by atoms with van der Waals surface area (Å²) >= 11 is 0. The summed E-state index contributed by atoms with van der Waals surface area (Å²) in [7, 11) is 0. The summed E-state index contributed by atoms with van der Waals surface area (Å²) in [6, 6.07) is 0. The quantitative estimate of drug-likeness (QED) is 0.780. The molecule has 0 bridgehead atoms. The summed E-state index contributed by atoms with van der Waals surface area (Å²) in [5.74, 6) is -0.384. The van der Waals surface area contributed by atoms with E-state index in [0.717, 1.165) is 0 Å². The molecule has 0 unspecified atom stereocenters. The summed E-state index contributed by atoms with van der Waals surface area (Å²) in [6.07, 6.45) is 4.90. The van der Waals surface area contributed by atoms with Crippen molar-refractivity contribution in [3.05, 3.63) is 23.8 Å². The Morgan fingerprint density at radius 2 is 1.94 bits per heavy atom. The Bertz CT molecular complexity index is 449. The van der Waals surface area contributed by atoms with E-state index in [1.54, 1.807) is 0 Å². The van der Waals surface area contributed by atoms with Crippen molar-refractivity contribution < 1.29 is 14.7 Å². The number of rotatable bonds is 5. The minimum atomic E-state index is -0.878. The summed E-state index contributed by atoms with van der Waals surface area (Å²) < 4.78 is 0. The van der Waals surface area contributed by atoms with Crippen molar-refractivity contribution in [1.29, 1.82) is 0 Å². The number of carboxylic acids is 1. The molecule has 1 aliphatic carbocycles. The maximum absolute atomic E-state index is 11.9. The van der Waals surface area contributed by atoms with Gasteiger partial charge in [0.25, 0.3) is 0 Å². The van der Waals surface area contributed by atoms with Gasteiger partial charge >= 0.3 is 5.97 Å². The fourth-order valence-electron chi connectivity index (χ4n) is 1.71. The van der Waals surface area contributed by atoms with E-state index in [2.05, 4.69) is 9.97 Å². The molecule has 0 amide bonds. The average molecular weight is 234 g/mol. The molecule has 17 heavy (non-hydrogen) atoms. The molecular weight excluding hydrogens is 220 g/mol. The van der Waals surface area contributed by atoms with E-state index in [9.17, 15) is 9.59 Å². The molecule has 1 aromatic rings. The van der Waals surface area contributed by atoms with Crippen molar-refractivity contribution in [1.82, 2.24) is 9.97 Å². The van der Waals surface area contributed by atoms with Gasteiger partial charge in [-0.25, -0.2) is 9.97 Å². The largest absolute Gasteiger partial charge is 0.481 e. The lowest BCUT2D eigenvalue weighted by atomic mass is 9.97. The van der Waals surface area contributed by atoms with Crippen molar-refractivity contribution in [2.24, 2.45) is 5.41 Å². The summed E-state index contributed by atoms with van der Waals surface area (Å²) in [4.78, 5) is 30.9. The van der Waals surface area contributed by atoms with Gasteiger partial charge in [0, 0.05) is 25.2 Å². The Kier molecular flexibility index (Phi) is 2.92. The van der Waals surface area contributed by atoms with Gasteiger partial charge in [-0.1, -0.05) is 6.92 Å². The smallest absolute Gasteiger partial charge is 0.310 e. The van der Waals surface area contributed by atoms with Crippen LogP contribution in [-0.2, 0) is 11.2 Å². The zero-order valence-corrected chi connectivity index (χ0v) is 9.64. The molecule has 0 aromatic carbocycles. The van der Waals surface area contributed by atoms with Gasteiger partial charge in [-0.05, 0) is 12.8 Å². The number of hydrogen-bond donors (Lipinski definition) is 1. The number of aromatic nitrogens is 2. The van der Waals surface area contributed by atoms with Gasteiger partial charge in [0.1, 0.15) is 5.82 Å². The lowest BCUT2D eigenvalue weighted by molar-refractivity contribution is -0.143. The minimum Gasteiger partial charge on any atom is -0.481 e. The average Bonchev–Trinajstić information content (AvgIpc) is 3.10. The number of carbonyl (C=O) groups excluding carboxylic acids is 1. The zero-order chi connectivity index (χ0) is 12.5. The standard InChI is InChI=1S/C12H14N2O3/c1-2-10-13-6-8(7-14-10)9(15)5-12(3-4-12)11(16)17/h6-7H,2-5H2,1H3,(H,16,17). The Balaban J connectivity index is 2.07. The first kappa shape index (κ1) is 11.7. The van der Waals surface area contributed by atoms with Crippen molar-refractivity contribution >= 4 is 11.8 Å². The first-order valence-electron chi connectivity index (χ1n) is 5.65. The predicted octanol–water partition coefficient (Wildman–Crippen LogP) is 1.48. The highest BCUT2D eigenvalue weighted by molar-refractivity contribution is 5.99. The molecule has 0 aliphatic heterocycles. The van der Waals surface area contributed by atoms with Crippen molar-refractivity contribution in [3.63, 3.8) is 0 Å². The SMILES string of the molecule is CCc1ncc(C(=O)CC2(C(=O)O)CC2)cn1. The first-order chi connectivity index (χ1) is 8.07. The Morgan fingerprint density at radius 1 is 1.35 bits per heavy atom. The minimum absolute atomic E-state index is 0.0527. The Labute approximate surface area is 98.9 Å². The molecule has 1 heterocycles. The fraction of sp³-hybridized carbons (Fsp3) is 0.500. The maximum atomic E-state index is 11.9. The number of nitrogens with zero attached hydrogens (tertiary/aromatic N) is 2. The lowest BCUT2D eigenvalue weighted by Gasteiger charge is -2.07. The number of carbonyl (C=O) groups is 2. The number of ketones is 1. The molecule has 5 nitrogen and oxygen atoms in total. The third-order valence-corrected chi connectivity index (χ3v) is 3.15. The summed E-state index contributed by atoms with van der Waals surface area (Å²) in [5, 5.41) is 9.00. The molecule has 1 aliphatic rings. The number of Topliss-reactive ketones (excluding diaryl/α,β-unsaturated/α-hetero) is 1. The van der Waals surface area contributed by atoms with Crippen LogP contribution >= 0.6 is 0 Å². The molecule has 1 saturated carbocycles. The molecular formula is C12H14N2O3. The number of aryl methyl sites for hydroxylation is 1. The van der Waals surface area contributed by atoms with E-state index in [0.29, 0.717) is 30.7 Å². The number of hydrogen-bond acceptors (Lipinski definition) is 4. The van der Waals surface area contributed by atoms with Crippen LogP contribution in [0.1, 0.15) is 42.4 Å². The highest BCUT2D eigenvalue weighted by atomic mass is 16.4. The third kappa shape index (κ3) is 2.33. The van der Waals surface area contributed by atoms with E-state index in [4.69, 9.17) is 5.11 Å². The molecule has 1 N–H and O–H groups in total. The molecule has 0 atom stereocenters. The zero-order valence-electron chi connectivity index (χ0n) is 9.64. The molecule has 5 heteroatoms. The van der Waals surface area contributed by atoms with Crippen LogP contribution in [0, 0.1) is 5.41 Å². The monoisotopic (exact) mass is 234 g/mol. The fourth-order valence-corrected chi connectivity index (χ4v) is 1.71. The topological polar surface area (TPSA) is 80.2 Å². The van der Waals surface area contributed by atoms with Gasteiger partial charge in [0.05, 0.1) is 11.0 Å². The second-order valence-electron chi connectivity index (χ2n) is 4.43. The highest BCUT2D eigenvalue weighted by Crippen LogP contribution is 2.49. The Morgan fingerprint density at radius 3 is 2.35 bits per heavy atom. The van der Waals surface area contributed by atoms with E-state index in [1.807, 2.05) is 6.92 Å². The molecule has 90 valence electrons. The number of aliphatic carboxylic acids is 1. The molecule has 1 aromatic heterocycles. The van der Waals surface area contributed by atoms with Crippen LogP contribution in [0.2, 0.25) is 0 Å². The maximum Gasteiger partial charge on any atom is 0.310 e. The number of carboxylic acid groups (broad SMARTS) is 1. The second-order valence-corrected chi connectivity index (χ2v) is 4.43. The van der Waals surface area contributed by atoms with Crippen LogP contribution in [0.4, 0.5) is 0 Å². The molecule has 0 radical (unpaired) electrons. The van der Waals surface area contributed by atoms with Gasteiger partial charge in [-0.15, -0.1) is 0 Å². The third-order valence-electron chi connectivity index (χ3n) is 3.15. The van der Waals surface area contributed by atoms with Gasteiger partial charge in [0.15, 0.2) is 5.78 Å². The van der Waals surface area contributed by atoms with Crippen LogP contribution < -0.4 is 0 Å². The molecule has 1 fully saturated rings. The van der Waals surface area contributed by atoms with Crippen LogP contribution in [0.5, 0.6) is 0 Å².